The number of halogens is 1. The summed E-state index contributed by atoms with van der Waals surface area (Å²) in [5.41, 5.74) is -0.715. The Morgan fingerprint density at radius 3 is 2.30 bits per heavy atom. The van der Waals surface area contributed by atoms with Crippen molar-refractivity contribution in [1.29, 1.82) is 0 Å². The average molecular weight is 851 g/mol. The molecule has 5 rings (SSSR count). The topological polar surface area (TPSA) is 135 Å². The molecule has 1 unspecified atom stereocenters. The molecule has 2 N–H and O–H groups in total. The average Bonchev–Trinajstić information content (AvgIpc) is 3.76. The zero-order valence-corrected chi connectivity index (χ0v) is 35.8. The van der Waals surface area contributed by atoms with Crippen LogP contribution in [0.25, 0.3) is 0 Å². The summed E-state index contributed by atoms with van der Waals surface area (Å²) < 4.78 is 18.8. The molecule has 3 aliphatic heterocycles. The van der Waals surface area contributed by atoms with Gasteiger partial charge < -0.3 is 34.4 Å². The van der Waals surface area contributed by atoms with Crippen LogP contribution in [0.4, 0.5) is 0 Å². The van der Waals surface area contributed by atoms with Gasteiger partial charge in [-0.2, -0.15) is 0 Å². The van der Waals surface area contributed by atoms with Crippen LogP contribution in [0.2, 0.25) is 0 Å². The van der Waals surface area contributed by atoms with E-state index < -0.39 is 76.6 Å². The number of allylic oxidation sites excluding steroid dienone is 1. The molecule has 3 fully saturated rings. The number of benzene rings is 2. The number of aliphatic hydroxyl groups is 1. The first-order valence-corrected chi connectivity index (χ1v) is 20.8. The van der Waals surface area contributed by atoms with Crippen molar-refractivity contribution in [3.05, 3.63) is 97.1 Å². The van der Waals surface area contributed by atoms with Crippen LogP contribution in [0, 0.1) is 17.3 Å². The fourth-order valence-corrected chi connectivity index (χ4v) is 10.5. The molecule has 57 heavy (non-hydrogen) atoms. The van der Waals surface area contributed by atoms with E-state index in [2.05, 4.69) is 55.2 Å². The largest absolute Gasteiger partial charge is 0.455 e. The van der Waals surface area contributed by atoms with E-state index in [4.69, 9.17) is 14.2 Å². The van der Waals surface area contributed by atoms with Crippen molar-refractivity contribution in [1.82, 2.24) is 15.1 Å². The number of carbonyl (C=O) groups is 4. The van der Waals surface area contributed by atoms with Crippen molar-refractivity contribution < 1.29 is 38.5 Å². The number of hydrogen-bond acceptors (Lipinski definition) is 8. The Bertz CT molecular complexity index is 1750. The molecule has 310 valence electrons. The van der Waals surface area contributed by atoms with Gasteiger partial charge in [0.15, 0.2) is 0 Å². The van der Waals surface area contributed by atoms with Crippen LogP contribution in [0.5, 0.6) is 0 Å². The Labute approximate surface area is 346 Å². The summed E-state index contributed by atoms with van der Waals surface area (Å²) in [5, 5.41) is 14.0. The van der Waals surface area contributed by atoms with Crippen LogP contribution in [0.1, 0.15) is 77.5 Å². The van der Waals surface area contributed by atoms with Crippen molar-refractivity contribution in [3.63, 3.8) is 0 Å². The summed E-state index contributed by atoms with van der Waals surface area (Å²) in [6.45, 7) is 17.9. The van der Waals surface area contributed by atoms with Gasteiger partial charge in [-0.3, -0.25) is 19.2 Å². The fraction of sp³-hybridized carbons (Fsp3) is 0.556. The van der Waals surface area contributed by atoms with Crippen molar-refractivity contribution >= 4 is 39.6 Å². The van der Waals surface area contributed by atoms with E-state index in [1.807, 2.05) is 74.5 Å². The van der Waals surface area contributed by atoms with Gasteiger partial charge in [0.25, 0.3) is 0 Å². The highest BCUT2D eigenvalue weighted by atomic mass is 79.9. The number of amides is 3. The Morgan fingerprint density at radius 2 is 1.72 bits per heavy atom. The van der Waals surface area contributed by atoms with Crippen molar-refractivity contribution in [2.45, 2.75) is 113 Å². The van der Waals surface area contributed by atoms with E-state index in [1.165, 1.54) is 12.0 Å². The molecule has 0 aromatic heterocycles. The van der Waals surface area contributed by atoms with E-state index in [1.54, 1.807) is 17.1 Å². The van der Waals surface area contributed by atoms with Gasteiger partial charge in [0.05, 0.1) is 43.2 Å². The lowest BCUT2D eigenvalue weighted by Crippen LogP contribution is -2.63. The highest BCUT2D eigenvalue weighted by Crippen LogP contribution is 2.61. The predicted molar refractivity (Wildman–Crippen MR) is 222 cm³/mol. The maximum atomic E-state index is 15.4. The van der Waals surface area contributed by atoms with E-state index in [0.29, 0.717) is 18.4 Å². The molecule has 0 saturated carbocycles. The van der Waals surface area contributed by atoms with Crippen LogP contribution >= 0.6 is 15.9 Å². The molecular weight excluding hydrogens is 790 g/mol. The maximum Gasteiger partial charge on any atom is 0.313 e. The molecule has 0 aliphatic carbocycles. The molecule has 2 bridgehead atoms. The minimum atomic E-state index is -1.41. The summed E-state index contributed by atoms with van der Waals surface area (Å²) >= 11 is 3.79. The van der Waals surface area contributed by atoms with Gasteiger partial charge in [-0.25, -0.2) is 0 Å². The zero-order chi connectivity index (χ0) is 41.7. The summed E-state index contributed by atoms with van der Waals surface area (Å²) in [6, 6.07) is 15.9. The summed E-state index contributed by atoms with van der Waals surface area (Å²) in [5.74, 6) is -3.90. The summed E-state index contributed by atoms with van der Waals surface area (Å²) in [7, 11) is 1.50. The lowest BCUT2D eigenvalue weighted by atomic mass is 9.70. The number of ether oxygens (including phenoxy) is 3. The van der Waals surface area contributed by atoms with Crippen LogP contribution in [0.15, 0.2) is 86.0 Å². The predicted octanol–water partition coefficient (Wildman–Crippen LogP) is 5.95. The number of likely N-dealkylation sites (tertiary alicyclic amines) is 1. The zero-order valence-electron chi connectivity index (χ0n) is 34.2. The van der Waals surface area contributed by atoms with E-state index in [-0.39, 0.29) is 49.6 Å². The second-order valence-corrected chi connectivity index (χ2v) is 18.6. The van der Waals surface area contributed by atoms with Crippen molar-refractivity contribution in [3.8, 4) is 0 Å². The standard InChI is InChI=1S/C45H60BrN3O8/c1-9-11-22-34(51)47-33(27-55-8)37(30-20-16-13-17-21-30)56-42(54)35-36-40(52)49(31(26-50)24-29-18-14-12-15-19-29)39(45(36)25-32(46)38(35)57-45)41(53)48(23-10-2)44(6,7)28-43(3,4)5/h9-10,12-21,31-33,35-39,50H,1-2,11,22-28H2,3-8H3,(H,47,51)/t31-,32?,33-,35-,36+,37-,38-,39-,45+/m1/s1. The van der Waals surface area contributed by atoms with Crippen LogP contribution in [-0.2, 0) is 39.8 Å². The third-order valence-corrected chi connectivity index (χ3v) is 12.3. The number of alkyl halides is 1. The molecule has 11 nitrogen and oxygen atoms in total. The first-order valence-electron chi connectivity index (χ1n) is 19.9. The van der Waals surface area contributed by atoms with Gasteiger partial charge in [-0.15, -0.1) is 13.2 Å². The molecule has 3 saturated heterocycles. The monoisotopic (exact) mass is 849 g/mol. The Kier molecular flexibility index (Phi) is 14.3. The summed E-state index contributed by atoms with van der Waals surface area (Å²) in [6.07, 6.45) is 3.43. The SMILES string of the molecule is C=CCCC(=O)N[C@H](COC)[C@H](OC(=O)[C@H]1[C@@H]2O[C@@]3(CC2Br)[C@@H]1C(=O)N([C@@H](CO)Cc1ccccc1)[C@@H]3C(=O)N(CC=C)C(C)(C)CC(C)(C)C)c1ccccc1. The number of methoxy groups -OCH3 is 1. The first-order chi connectivity index (χ1) is 27.0. The number of nitrogens with one attached hydrogen (secondary N) is 1. The molecular formula is C45H60BrN3O8. The van der Waals surface area contributed by atoms with Gasteiger partial charge in [-0.1, -0.05) is 110 Å². The summed E-state index contributed by atoms with van der Waals surface area (Å²) in [4.78, 5) is 61.4. The number of hydrogen-bond donors (Lipinski definition) is 2. The third kappa shape index (κ3) is 9.40. The Morgan fingerprint density at radius 1 is 1.07 bits per heavy atom. The number of nitrogens with zero attached hydrogens (tertiary/aromatic N) is 2. The lowest BCUT2D eigenvalue weighted by molar-refractivity contribution is -0.163. The molecule has 3 heterocycles. The molecule has 12 heteroatoms. The molecule has 9 atom stereocenters. The third-order valence-electron chi connectivity index (χ3n) is 11.4. The highest BCUT2D eigenvalue weighted by Gasteiger charge is 2.78. The first kappa shape index (κ1) is 44.3. The second kappa shape index (κ2) is 18.4. The minimum absolute atomic E-state index is 0.0378. The maximum absolute atomic E-state index is 15.4. The highest BCUT2D eigenvalue weighted by molar-refractivity contribution is 9.09. The van der Waals surface area contributed by atoms with Crippen LogP contribution in [-0.4, -0.2) is 106 Å². The fourth-order valence-electron chi connectivity index (χ4n) is 9.58. The van der Waals surface area contributed by atoms with Gasteiger partial charge in [-0.05, 0) is 56.1 Å². The molecule has 1 spiro atoms. The van der Waals surface area contributed by atoms with Crippen molar-refractivity contribution in [2.75, 3.05) is 26.9 Å². The lowest BCUT2D eigenvalue weighted by Gasteiger charge is -2.46. The van der Waals surface area contributed by atoms with Crippen LogP contribution < -0.4 is 5.32 Å². The second-order valence-electron chi connectivity index (χ2n) is 17.4. The number of aliphatic hydroxyl groups excluding tert-OH is 1. The smallest absolute Gasteiger partial charge is 0.313 e. The normalized spacial score (nSPS) is 25.6. The van der Waals surface area contributed by atoms with Gasteiger partial charge >= 0.3 is 5.97 Å². The van der Waals surface area contributed by atoms with Gasteiger partial charge in [0.2, 0.25) is 17.7 Å². The number of esters is 1. The van der Waals surface area contributed by atoms with Crippen LogP contribution in [0.3, 0.4) is 0 Å². The van der Waals surface area contributed by atoms with E-state index in [9.17, 15) is 14.7 Å². The Balaban J connectivity index is 1.59. The van der Waals surface area contributed by atoms with E-state index >= 15 is 9.59 Å². The van der Waals surface area contributed by atoms with Gasteiger partial charge in [0, 0.05) is 30.4 Å². The molecule has 3 amide bonds. The van der Waals surface area contributed by atoms with Crippen molar-refractivity contribution in [2.24, 2.45) is 17.3 Å². The number of carbonyl (C=O) groups excluding carboxylic acids is 4. The Hall–Kier alpha value is -3.84. The number of fused-ring (bicyclic) bond motifs is 1. The van der Waals surface area contributed by atoms with Gasteiger partial charge in [0.1, 0.15) is 17.7 Å². The number of rotatable bonds is 19. The quantitative estimate of drug-likeness (QED) is 0.101. The molecule has 2 aromatic carbocycles. The molecule has 2 aromatic rings. The minimum Gasteiger partial charge on any atom is -0.455 e. The van der Waals surface area contributed by atoms with E-state index in [0.717, 1.165) is 5.56 Å². The molecule has 0 radical (unpaired) electrons. The molecule has 3 aliphatic rings.